The third-order valence-corrected chi connectivity index (χ3v) is 5.66. The molecule has 2 nitrogen and oxygen atoms in total. The molecule has 0 amide bonds. The van der Waals surface area contributed by atoms with Crippen molar-refractivity contribution in [1.82, 2.24) is 10.2 Å². The van der Waals surface area contributed by atoms with Crippen LogP contribution in [0.15, 0.2) is 28.7 Å². The molecule has 2 saturated heterocycles. The van der Waals surface area contributed by atoms with Gasteiger partial charge in [-0.15, -0.1) is 0 Å². The minimum atomic E-state index is 0.747. The predicted molar refractivity (Wildman–Crippen MR) is 83.4 cm³/mol. The van der Waals surface area contributed by atoms with Crippen LogP contribution in [0.2, 0.25) is 0 Å². The molecule has 2 heterocycles. The average Bonchev–Trinajstić information content (AvgIpc) is 2.67. The highest BCUT2D eigenvalue weighted by Gasteiger charge is 2.39. The average molecular weight is 323 g/mol. The van der Waals surface area contributed by atoms with Gasteiger partial charge in [-0.1, -0.05) is 34.1 Å². The number of hydrogen-bond donors (Lipinski definition) is 1. The fraction of sp³-hybridized carbons (Fsp3) is 0.625. The van der Waals surface area contributed by atoms with Gasteiger partial charge >= 0.3 is 0 Å². The summed E-state index contributed by atoms with van der Waals surface area (Å²) in [6.07, 6.45) is 6.64. The summed E-state index contributed by atoms with van der Waals surface area (Å²) >= 11 is 3.66. The highest BCUT2D eigenvalue weighted by molar-refractivity contribution is 9.10. The molecule has 1 aromatic rings. The van der Waals surface area contributed by atoms with Crippen molar-refractivity contribution in [1.29, 1.82) is 0 Å². The van der Waals surface area contributed by atoms with E-state index in [1.54, 1.807) is 0 Å². The number of benzene rings is 1. The predicted octanol–water partition coefficient (Wildman–Crippen LogP) is 3.21. The Morgan fingerprint density at radius 3 is 2.53 bits per heavy atom. The van der Waals surface area contributed by atoms with E-state index in [-0.39, 0.29) is 0 Å². The summed E-state index contributed by atoms with van der Waals surface area (Å²) in [7, 11) is 2.11. The maximum absolute atomic E-state index is 3.66. The molecule has 2 bridgehead atoms. The van der Waals surface area contributed by atoms with Crippen LogP contribution >= 0.6 is 15.9 Å². The first-order valence-corrected chi connectivity index (χ1v) is 8.23. The Balaban J connectivity index is 1.61. The van der Waals surface area contributed by atoms with E-state index in [0.29, 0.717) is 0 Å². The monoisotopic (exact) mass is 322 g/mol. The van der Waals surface area contributed by atoms with Crippen molar-refractivity contribution < 1.29 is 0 Å². The number of rotatable bonds is 4. The van der Waals surface area contributed by atoms with Crippen LogP contribution in [-0.4, -0.2) is 36.6 Å². The zero-order chi connectivity index (χ0) is 13.2. The summed E-state index contributed by atoms with van der Waals surface area (Å²) in [5.41, 5.74) is 1.44. The lowest BCUT2D eigenvalue weighted by Crippen LogP contribution is -2.48. The van der Waals surface area contributed by atoms with Crippen LogP contribution in [0.3, 0.4) is 0 Å². The number of hydrogen-bond acceptors (Lipinski definition) is 2. The van der Waals surface area contributed by atoms with Gasteiger partial charge in [0.15, 0.2) is 0 Å². The van der Waals surface area contributed by atoms with Crippen molar-refractivity contribution in [3.8, 4) is 0 Å². The van der Waals surface area contributed by atoms with Crippen LogP contribution in [0.25, 0.3) is 0 Å². The van der Waals surface area contributed by atoms with E-state index >= 15 is 0 Å². The fourth-order valence-corrected chi connectivity index (χ4v) is 4.31. The Labute approximate surface area is 124 Å². The number of nitrogens with zero attached hydrogens (tertiary/aromatic N) is 1. The minimum Gasteiger partial charge on any atom is -0.317 e. The van der Waals surface area contributed by atoms with Crippen LogP contribution < -0.4 is 5.32 Å². The lowest BCUT2D eigenvalue weighted by molar-refractivity contribution is 0.121. The molecule has 2 unspecified atom stereocenters. The molecule has 2 atom stereocenters. The van der Waals surface area contributed by atoms with Gasteiger partial charge in [-0.25, -0.2) is 0 Å². The van der Waals surface area contributed by atoms with E-state index in [4.69, 9.17) is 0 Å². The SMILES string of the molecule is CNC1CC2CCC(C1)N2CCc1ccccc1Br. The van der Waals surface area contributed by atoms with Crippen molar-refractivity contribution in [2.75, 3.05) is 13.6 Å². The maximum atomic E-state index is 3.66. The molecule has 1 aromatic carbocycles. The van der Waals surface area contributed by atoms with E-state index < -0.39 is 0 Å². The maximum Gasteiger partial charge on any atom is 0.0207 e. The Morgan fingerprint density at radius 2 is 1.89 bits per heavy atom. The van der Waals surface area contributed by atoms with Crippen LogP contribution in [-0.2, 0) is 6.42 Å². The molecular weight excluding hydrogens is 300 g/mol. The van der Waals surface area contributed by atoms with E-state index in [0.717, 1.165) is 18.1 Å². The molecule has 2 aliphatic rings. The molecule has 1 N–H and O–H groups in total. The zero-order valence-corrected chi connectivity index (χ0v) is 13.2. The highest BCUT2D eigenvalue weighted by atomic mass is 79.9. The molecule has 3 heteroatoms. The molecule has 0 spiro atoms. The van der Waals surface area contributed by atoms with Crippen LogP contribution in [0, 0.1) is 0 Å². The molecule has 0 radical (unpaired) electrons. The molecule has 104 valence electrons. The van der Waals surface area contributed by atoms with Crippen LogP contribution in [0.1, 0.15) is 31.2 Å². The van der Waals surface area contributed by atoms with E-state index in [9.17, 15) is 0 Å². The third kappa shape index (κ3) is 2.88. The molecule has 0 aliphatic carbocycles. The molecule has 2 fully saturated rings. The first-order valence-electron chi connectivity index (χ1n) is 7.44. The first-order chi connectivity index (χ1) is 9.28. The van der Waals surface area contributed by atoms with Crippen LogP contribution in [0.4, 0.5) is 0 Å². The van der Waals surface area contributed by atoms with Gasteiger partial charge in [0.1, 0.15) is 0 Å². The molecule has 0 saturated carbocycles. The highest BCUT2D eigenvalue weighted by Crippen LogP contribution is 2.35. The van der Waals surface area contributed by atoms with E-state index in [1.807, 2.05) is 0 Å². The smallest absolute Gasteiger partial charge is 0.0207 e. The molecule has 19 heavy (non-hydrogen) atoms. The van der Waals surface area contributed by atoms with Gasteiger partial charge in [0.05, 0.1) is 0 Å². The van der Waals surface area contributed by atoms with Gasteiger partial charge in [-0.3, -0.25) is 4.90 Å². The minimum absolute atomic E-state index is 0.747. The summed E-state index contributed by atoms with van der Waals surface area (Å²) in [4.78, 5) is 2.77. The summed E-state index contributed by atoms with van der Waals surface area (Å²) in [5.74, 6) is 0. The second-order valence-electron chi connectivity index (χ2n) is 5.92. The largest absolute Gasteiger partial charge is 0.317 e. The Morgan fingerprint density at radius 1 is 1.21 bits per heavy atom. The van der Waals surface area contributed by atoms with Gasteiger partial charge in [-0.05, 0) is 50.8 Å². The standard InChI is InChI=1S/C16H23BrN2/c1-18-13-10-14-6-7-15(11-13)19(14)9-8-12-4-2-3-5-16(12)17/h2-5,13-15,18H,6-11H2,1H3. The van der Waals surface area contributed by atoms with Crippen molar-refractivity contribution in [2.24, 2.45) is 0 Å². The quantitative estimate of drug-likeness (QED) is 0.915. The van der Waals surface area contributed by atoms with Gasteiger partial charge in [0, 0.05) is 29.1 Å². The number of piperidine rings is 1. The van der Waals surface area contributed by atoms with Crippen LogP contribution in [0.5, 0.6) is 0 Å². The second kappa shape index (κ2) is 5.94. The molecule has 2 aliphatic heterocycles. The Hall–Kier alpha value is -0.380. The Bertz CT molecular complexity index is 421. The number of fused-ring (bicyclic) bond motifs is 2. The molecular formula is C16H23BrN2. The molecule has 3 rings (SSSR count). The van der Waals surface area contributed by atoms with E-state index in [2.05, 4.69) is 57.5 Å². The van der Waals surface area contributed by atoms with Gasteiger partial charge in [0.25, 0.3) is 0 Å². The zero-order valence-electron chi connectivity index (χ0n) is 11.6. The van der Waals surface area contributed by atoms with Gasteiger partial charge in [0.2, 0.25) is 0 Å². The molecule has 0 aromatic heterocycles. The first kappa shape index (κ1) is 13.6. The number of nitrogens with one attached hydrogen (secondary N) is 1. The van der Waals surface area contributed by atoms with Crippen molar-refractivity contribution in [2.45, 2.75) is 50.2 Å². The Kier molecular flexibility index (Phi) is 4.25. The normalized spacial score (nSPS) is 30.7. The summed E-state index contributed by atoms with van der Waals surface area (Å²) < 4.78 is 1.26. The summed E-state index contributed by atoms with van der Waals surface area (Å²) in [6, 6.07) is 11.0. The lowest BCUT2D eigenvalue weighted by Gasteiger charge is -2.39. The lowest BCUT2D eigenvalue weighted by atomic mass is 9.97. The number of halogens is 1. The van der Waals surface area contributed by atoms with Crippen molar-refractivity contribution in [3.63, 3.8) is 0 Å². The van der Waals surface area contributed by atoms with Crippen molar-refractivity contribution >= 4 is 15.9 Å². The summed E-state index contributed by atoms with van der Waals surface area (Å²) in [6.45, 7) is 1.22. The third-order valence-electron chi connectivity index (χ3n) is 4.89. The van der Waals surface area contributed by atoms with E-state index in [1.165, 1.54) is 48.7 Å². The topological polar surface area (TPSA) is 15.3 Å². The second-order valence-corrected chi connectivity index (χ2v) is 6.78. The fourth-order valence-electron chi connectivity index (χ4n) is 3.83. The van der Waals surface area contributed by atoms with Gasteiger partial charge < -0.3 is 5.32 Å². The summed E-state index contributed by atoms with van der Waals surface area (Å²) in [5, 5.41) is 3.47. The van der Waals surface area contributed by atoms with Gasteiger partial charge in [-0.2, -0.15) is 0 Å². The van der Waals surface area contributed by atoms with Crippen molar-refractivity contribution in [3.05, 3.63) is 34.3 Å².